The van der Waals surface area contributed by atoms with Crippen molar-refractivity contribution in [3.05, 3.63) is 58.3 Å². The van der Waals surface area contributed by atoms with Crippen LogP contribution >= 0.6 is 11.3 Å². The lowest BCUT2D eigenvalue weighted by atomic mass is 9.82. The zero-order chi connectivity index (χ0) is 17.3. The van der Waals surface area contributed by atoms with Crippen LogP contribution in [0.5, 0.6) is 0 Å². The molecular weight excluding hydrogens is 332 g/mol. The highest BCUT2D eigenvalue weighted by Crippen LogP contribution is 2.39. The van der Waals surface area contributed by atoms with Gasteiger partial charge in [-0.05, 0) is 47.2 Å². The minimum atomic E-state index is -0.142. The van der Waals surface area contributed by atoms with Crippen molar-refractivity contribution in [3.8, 4) is 0 Å². The van der Waals surface area contributed by atoms with E-state index < -0.39 is 0 Å². The summed E-state index contributed by atoms with van der Waals surface area (Å²) in [6, 6.07) is 12.0. The Bertz CT molecular complexity index is 749. The maximum Gasteiger partial charge on any atom is 0.228 e. The van der Waals surface area contributed by atoms with E-state index >= 15 is 0 Å². The van der Waals surface area contributed by atoms with Gasteiger partial charge in [0, 0.05) is 18.6 Å². The van der Waals surface area contributed by atoms with E-state index in [1.54, 1.807) is 11.3 Å². The van der Waals surface area contributed by atoms with Crippen LogP contribution in [0, 0.1) is 0 Å². The second-order valence-electron chi connectivity index (χ2n) is 7.13. The minimum Gasteiger partial charge on any atom is -0.350 e. The van der Waals surface area contributed by atoms with Crippen molar-refractivity contribution in [3.63, 3.8) is 0 Å². The van der Waals surface area contributed by atoms with Gasteiger partial charge in [-0.15, -0.1) is 0 Å². The summed E-state index contributed by atoms with van der Waals surface area (Å²) >= 11 is 1.62. The first-order chi connectivity index (χ1) is 12.2. The molecule has 0 aliphatic carbocycles. The third kappa shape index (κ3) is 3.33. The molecule has 4 rings (SSSR count). The fourth-order valence-corrected chi connectivity index (χ4v) is 4.70. The van der Waals surface area contributed by atoms with Gasteiger partial charge in [-0.2, -0.15) is 11.3 Å². The van der Waals surface area contributed by atoms with Gasteiger partial charge < -0.3 is 10.2 Å². The second-order valence-corrected chi connectivity index (χ2v) is 7.91. The van der Waals surface area contributed by atoms with Crippen LogP contribution in [-0.2, 0) is 16.0 Å². The zero-order valence-electron chi connectivity index (χ0n) is 14.1. The average molecular weight is 354 g/mol. The van der Waals surface area contributed by atoms with Gasteiger partial charge >= 0.3 is 0 Å². The molecule has 0 saturated carbocycles. The van der Waals surface area contributed by atoms with Gasteiger partial charge in [-0.1, -0.05) is 30.3 Å². The number of piperidine rings is 1. The van der Waals surface area contributed by atoms with E-state index in [1.807, 2.05) is 52.1 Å². The van der Waals surface area contributed by atoms with Crippen LogP contribution in [0.25, 0.3) is 0 Å². The molecule has 1 aromatic carbocycles. The van der Waals surface area contributed by atoms with Gasteiger partial charge in [-0.3, -0.25) is 9.59 Å². The summed E-state index contributed by atoms with van der Waals surface area (Å²) in [4.78, 5) is 26.9. The zero-order valence-corrected chi connectivity index (χ0v) is 14.9. The second kappa shape index (κ2) is 6.64. The van der Waals surface area contributed by atoms with Crippen molar-refractivity contribution in [2.45, 2.75) is 37.1 Å². The standard InChI is InChI=1S/C20H22N2O2S/c23-18(12-15-6-11-25-14-15)22-9-7-20(8-10-22)13-17(19(24)21-20)16-4-2-1-3-5-16/h1-6,11,14,17H,7-10,12-13H2,(H,21,24)/t17-/m1/s1. The van der Waals surface area contributed by atoms with Crippen molar-refractivity contribution in [1.82, 2.24) is 10.2 Å². The van der Waals surface area contributed by atoms with Crippen LogP contribution in [0.1, 0.15) is 36.3 Å². The SMILES string of the molecule is O=C1NC2(CCN(C(=O)Cc3ccsc3)CC2)C[C@@H]1c1ccccc1. The third-order valence-electron chi connectivity index (χ3n) is 5.51. The van der Waals surface area contributed by atoms with Crippen molar-refractivity contribution >= 4 is 23.2 Å². The number of benzene rings is 1. The fourth-order valence-electron chi connectivity index (χ4n) is 4.03. The first-order valence-corrected chi connectivity index (χ1v) is 9.75. The Morgan fingerprint density at radius 1 is 1.20 bits per heavy atom. The number of hydrogen-bond acceptors (Lipinski definition) is 3. The Balaban J connectivity index is 1.38. The molecule has 2 amide bonds. The number of amides is 2. The summed E-state index contributed by atoms with van der Waals surface area (Å²) < 4.78 is 0. The topological polar surface area (TPSA) is 49.4 Å². The number of carbonyl (C=O) groups excluding carboxylic acids is 2. The molecule has 2 fully saturated rings. The Morgan fingerprint density at radius 2 is 1.96 bits per heavy atom. The van der Waals surface area contributed by atoms with E-state index in [-0.39, 0.29) is 23.3 Å². The number of rotatable bonds is 3. The van der Waals surface area contributed by atoms with Gasteiger partial charge in [-0.25, -0.2) is 0 Å². The van der Waals surface area contributed by atoms with Crippen molar-refractivity contribution < 1.29 is 9.59 Å². The van der Waals surface area contributed by atoms with Gasteiger partial charge in [0.2, 0.25) is 11.8 Å². The fraction of sp³-hybridized carbons (Fsp3) is 0.400. The van der Waals surface area contributed by atoms with E-state index in [2.05, 4.69) is 5.32 Å². The summed E-state index contributed by atoms with van der Waals surface area (Å²) in [5.41, 5.74) is 2.04. The lowest BCUT2D eigenvalue weighted by Crippen LogP contribution is -2.52. The van der Waals surface area contributed by atoms with Gasteiger partial charge in [0.05, 0.1) is 12.3 Å². The minimum absolute atomic E-state index is 0.0609. The third-order valence-corrected chi connectivity index (χ3v) is 6.24. The van der Waals surface area contributed by atoms with Crippen LogP contribution in [0.3, 0.4) is 0 Å². The Kier molecular flexibility index (Phi) is 4.34. The molecule has 0 unspecified atom stereocenters. The maximum absolute atomic E-state index is 12.5. The molecule has 0 radical (unpaired) electrons. The molecular formula is C20H22N2O2S. The number of nitrogens with one attached hydrogen (secondary N) is 1. The van der Waals surface area contributed by atoms with E-state index in [0.717, 1.165) is 43.5 Å². The Hall–Kier alpha value is -2.14. The van der Waals surface area contributed by atoms with Crippen LogP contribution in [0.2, 0.25) is 0 Å². The average Bonchev–Trinajstić information content (AvgIpc) is 3.24. The monoisotopic (exact) mass is 354 g/mol. The predicted octanol–water partition coefficient (Wildman–Crippen LogP) is 2.96. The predicted molar refractivity (Wildman–Crippen MR) is 98.5 cm³/mol. The number of carbonyl (C=O) groups is 2. The summed E-state index contributed by atoms with van der Waals surface area (Å²) in [5, 5.41) is 7.29. The molecule has 5 heteroatoms. The van der Waals surface area contributed by atoms with Crippen LogP contribution in [0.4, 0.5) is 0 Å². The summed E-state index contributed by atoms with van der Waals surface area (Å²) in [7, 11) is 0. The molecule has 1 atom stereocenters. The largest absolute Gasteiger partial charge is 0.350 e. The van der Waals surface area contributed by atoms with Crippen LogP contribution < -0.4 is 5.32 Å². The molecule has 2 saturated heterocycles. The van der Waals surface area contributed by atoms with Gasteiger partial charge in [0.25, 0.3) is 0 Å². The summed E-state index contributed by atoms with van der Waals surface area (Å²) in [6.07, 6.45) is 3.01. The van der Waals surface area contributed by atoms with Crippen LogP contribution in [-0.4, -0.2) is 35.3 Å². The van der Waals surface area contributed by atoms with Gasteiger partial charge in [0.1, 0.15) is 0 Å². The van der Waals surface area contributed by atoms with Crippen LogP contribution in [0.15, 0.2) is 47.2 Å². The molecule has 130 valence electrons. The summed E-state index contributed by atoms with van der Waals surface area (Å²) in [5.74, 6) is 0.260. The maximum atomic E-state index is 12.5. The number of thiophene rings is 1. The van der Waals surface area contributed by atoms with E-state index in [1.165, 1.54) is 0 Å². The first-order valence-electron chi connectivity index (χ1n) is 8.81. The lowest BCUT2D eigenvalue weighted by Gasteiger charge is -2.39. The normalized spacial score (nSPS) is 22.2. The van der Waals surface area contributed by atoms with Crippen molar-refractivity contribution in [2.75, 3.05) is 13.1 Å². The molecule has 2 aromatic rings. The Labute approximate surface area is 151 Å². The smallest absolute Gasteiger partial charge is 0.228 e. The highest BCUT2D eigenvalue weighted by molar-refractivity contribution is 7.08. The van der Waals surface area contributed by atoms with Gasteiger partial charge in [0.15, 0.2) is 0 Å². The van der Waals surface area contributed by atoms with E-state index in [9.17, 15) is 9.59 Å². The highest BCUT2D eigenvalue weighted by atomic mass is 32.1. The molecule has 1 N–H and O–H groups in total. The number of likely N-dealkylation sites (tertiary alicyclic amines) is 1. The molecule has 2 aliphatic heterocycles. The Morgan fingerprint density at radius 3 is 2.64 bits per heavy atom. The first kappa shape index (κ1) is 16.3. The van der Waals surface area contributed by atoms with E-state index in [4.69, 9.17) is 0 Å². The molecule has 0 bridgehead atoms. The molecule has 4 nitrogen and oxygen atoms in total. The summed E-state index contributed by atoms with van der Waals surface area (Å²) in [6.45, 7) is 1.45. The highest BCUT2D eigenvalue weighted by Gasteiger charge is 2.46. The molecule has 2 aliphatic rings. The quantitative estimate of drug-likeness (QED) is 0.921. The van der Waals surface area contributed by atoms with E-state index in [0.29, 0.717) is 6.42 Å². The molecule has 3 heterocycles. The number of hydrogen-bond donors (Lipinski definition) is 1. The molecule has 1 aromatic heterocycles. The lowest BCUT2D eigenvalue weighted by molar-refractivity contribution is -0.132. The molecule has 1 spiro atoms. The molecule has 25 heavy (non-hydrogen) atoms. The number of nitrogens with zero attached hydrogens (tertiary/aromatic N) is 1. The van der Waals surface area contributed by atoms with Crippen molar-refractivity contribution in [2.24, 2.45) is 0 Å². The van der Waals surface area contributed by atoms with Crippen molar-refractivity contribution in [1.29, 1.82) is 0 Å².